The molecule has 1 aromatic carbocycles. The molecule has 2 rings (SSSR count). The number of aryl methyl sites for hydroxylation is 2. The number of nitrogens with one attached hydrogen (secondary N) is 2. The Morgan fingerprint density at radius 3 is 2.38 bits per heavy atom. The zero-order valence-electron chi connectivity index (χ0n) is 15.7. The molecular weight excluding hydrogens is 372 g/mol. The number of amides is 1. The van der Waals surface area contributed by atoms with Crippen molar-refractivity contribution < 1.29 is 13.2 Å². The van der Waals surface area contributed by atoms with E-state index in [1.807, 2.05) is 32.0 Å². The van der Waals surface area contributed by atoms with Crippen LogP contribution in [0.5, 0.6) is 0 Å². The minimum Gasteiger partial charge on any atom is -0.300 e. The highest BCUT2D eigenvalue weighted by molar-refractivity contribution is 7.91. The Labute approximate surface area is 158 Å². The summed E-state index contributed by atoms with van der Waals surface area (Å²) in [5, 5.41) is 10.2. The quantitative estimate of drug-likeness (QED) is 0.756. The molecule has 9 heteroatoms. The third-order valence-corrected chi connectivity index (χ3v) is 6.65. The highest BCUT2D eigenvalue weighted by Gasteiger charge is 2.26. The Kier molecular flexibility index (Phi) is 5.84. The molecule has 0 aliphatic carbocycles. The van der Waals surface area contributed by atoms with Crippen molar-refractivity contribution in [2.45, 2.75) is 51.9 Å². The highest BCUT2D eigenvalue weighted by atomic mass is 32.2. The average molecular weight is 397 g/mol. The Morgan fingerprint density at radius 1 is 1.15 bits per heavy atom. The van der Waals surface area contributed by atoms with Crippen LogP contribution in [0, 0.1) is 19.3 Å². The molecular formula is C17H24N4O3S2. The smallest absolute Gasteiger partial charge is 0.270 e. The van der Waals surface area contributed by atoms with E-state index in [1.54, 1.807) is 27.7 Å². The Balaban J connectivity index is 2.15. The van der Waals surface area contributed by atoms with E-state index >= 15 is 0 Å². The van der Waals surface area contributed by atoms with Crippen molar-refractivity contribution in [3.05, 3.63) is 34.9 Å². The van der Waals surface area contributed by atoms with E-state index in [4.69, 9.17) is 0 Å². The third-order valence-electron chi connectivity index (χ3n) is 3.90. The summed E-state index contributed by atoms with van der Waals surface area (Å²) in [6.07, 6.45) is 0. The number of carbonyl (C=O) groups is 1. The van der Waals surface area contributed by atoms with Gasteiger partial charge in [0.05, 0.1) is 0 Å². The summed E-state index contributed by atoms with van der Waals surface area (Å²) < 4.78 is 27.5. The fourth-order valence-electron chi connectivity index (χ4n) is 2.04. The number of aromatic nitrogens is 2. The molecule has 1 aromatic heterocycles. The van der Waals surface area contributed by atoms with Gasteiger partial charge in [0, 0.05) is 11.5 Å². The molecule has 142 valence electrons. The minimum atomic E-state index is -3.84. The second kappa shape index (κ2) is 7.42. The normalized spacial score (nSPS) is 13.5. The maximum absolute atomic E-state index is 12.5. The monoisotopic (exact) mass is 396 g/mol. The molecule has 0 aliphatic rings. The van der Waals surface area contributed by atoms with E-state index in [1.165, 1.54) is 0 Å². The van der Waals surface area contributed by atoms with E-state index in [-0.39, 0.29) is 15.4 Å². The van der Waals surface area contributed by atoms with Crippen molar-refractivity contribution in [1.29, 1.82) is 0 Å². The molecule has 2 N–H and O–H groups in total. The SMILES string of the molecule is Cc1ccc([C@@H](C)NS(=O)(=O)c2nnc(NC(=O)C(C)(C)C)s2)cc1C. The van der Waals surface area contributed by atoms with Crippen LogP contribution in [0.3, 0.4) is 0 Å². The van der Waals surface area contributed by atoms with Gasteiger partial charge in [-0.2, -0.15) is 0 Å². The van der Waals surface area contributed by atoms with Gasteiger partial charge in [0.15, 0.2) is 0 Å². The number of benzene rings is 1. The summed E-state index contributed by atoms with van der Waals surface area (Å²) in [5.74, 6) is -0.256. The van der Waals surface area contributed by atoms with Gasteiger partial charge in [-0.15, -0.1) is 10.2 Å². The molecule has 2 aromatic rings. The Hall–Kier alpha value is -1.84. The van der Waals surface area contributed by atoms with Crippen LogP contribution in [-0.4, -0.2) is 24.5 Å². The Bertz CT molecular complexity index is 914. The molecule has 1 atom stereocenters. The maximum Gasteiger partial charge on any atom is 0.270 e. The summed E-state index contributed by atoms with van der Waals surface area (Å²) in [6.45, 7) is 11.0. The second-order valence-electron chi connectivity index (χ2n) is 7.26. The zero-order chi connectivity index (χ0) is 19.7. The first-order valence-electron chi connectivity index (χ1n) is 8.14. The van der Waals surface area contributed by atoms with Crippen molar-refractivity contribution in [3.8, 4) is 0 Å². The van der Waals surface area contributed by atoms with E-state index in [2.05, 4.69) is 20.2 Å². The molecule has 1 heterocycles. The van der Waals surface area contributed by atoms with Crippen molar-refractivity contribution >= 4 is 32.4 Å². The van der Waals surface area contributed by atoms with Crippen molar-refractivity contribution in [2.24, 2.45) is 5.41 Å². The van der Waals surface area contributed by atoms with E-state index in [9.17, 15) is 13.2 Å². The Morgan fingerprint density at radius 2 is 1.81 bits per heavy atom. The molecule has 0 fully saturated rings. The topological polar surface area (TPSA) is 101 Å². The molecule has 0 bridgehead atoms. The van der Waals surface area contributed by atoms with Gasteiger partial charge in [-0.25, -0.2) is 13.1 Å². The van der Waals surface area contributed by atoms with Gasteiger partial charge in [-0.1, -0.05) is 50.3 Å². The number of rotatable bonds is 5. The molecule has 0 saturated heterocycles. The molecule has 7 nitrogen and oxygen atoms in total. The lowest BCUT2D eigenvalue weighted by molar-refractivity contribution is -0.123. The fraction of sp³-hybridized carbons (Fsp3) is 0.471. The summed E-state index contributed by atoms with van der Waals surface area (Å²) in [5.41, 5.74) is 2.49. The lowest BCUT2D eigenvalue weighted by Crippen LogP contribution is -2.27. The van der Waals surface area contributed by atoms with Crippen molar-refractivity contribution in [3.63, 3.8) is 0 Å². The molecule has 1 amide bonds. The summed E-state index contributed by atoms with van der Waals surface area (Å²) in [4.78, 5) is 12.0. The van der Waals surface area contributed by atoms with Crippen LogP contribution in [-0.2, 0) is 14.8 Å². The number of sulfonamides is 1. The standard InChI is InChI=1S/C17H24N4O3S2/c1-10-7-8-13(9-11(10)2)12(3)21-26(23,24)16-20-19-15(25-16)18-14(22)17(4,5)6/h7-9,12,21H,1-6H3,(H,18,19,22)/t12-/m1/s1. The van der Waals surface area contributed by atoms with E-state index < -0.39 is 21.5 Å². The number of nitrogens with zero attached hydrogens (tertiary/aromatic N) is 2. The molecule has 0 spiro atoms. The summed E-state index contributed by atoms with van der Waals surface area (Å²) in [7, 11) is -3.84. The van der Waals surface area contributed by atoms with Gasteiger partial charge in [0.1, 0.15) is 0 Å². The first-order chi connectivity index (χ1) is 11.9. The fourth-order valence-corrected chi connectivity index (χ4v) is 4.18. The predicted octanol–water partition coefficient (Wildman–Crippen LogP) is 3.18. The molecule has 0 saturated carbocycles. The van der Waals surface area contributed by atoms with E-state index in [0.717, 1.165) is 28.0 Å². The first kappa shape index (κ1) is 20.5. The van der Waals surface area contributed by atoms with Crippen molar-refractivity contribution in [2.75, 3.05) is 5.32 Å². The summed E-state index contributed by atoms with van der Waals surface area (Å²) >= 11 is 0.822. The van der Waals surface area contributed by atoms with Crippen LogP contribution in [0.25, 0.3) is 0 Å². The van der Waals surface area contributed by atoms with Crippen LogP contribution in [0.15, 0.2) is 22.5 Å². The molecule has 0 unspecified atom stereocenters. The maximum atomic E-state index is 12.5. The van der Waals surface area contributed by atoms with Gasteiger partial charge in [-0.3, -0.25) is 4.79 Å². The van der Waals surface area contributed by atoms with Gasteiger partial charge in [-0.05, 0) is 37.5 Å². The number of anilines is 1. The highest BCUT2D eigenvalue weighted by Crippen LogP contribution is 2.25. The molecule has 0 radical (unpaired) electrons. The lowest BCUT2D eigenvalue weighted by Gasteiger charge is -2.15. The van der Waals surface area contributed by atoms with Crippen molar-refractivity contribution in [1.82, 2.24) is 14.9 Å². The van der Waals surface area contributed by atoms with Gasteiger partial charge >= 0.3 is 0 Å². The van der Waals surface area contributed by atoms with Crippen LogP contribution >= 0.6 is 11.3 Å². The molecule has 26 heavy (non-hydrogen) atoms. The van der Waals surface area contributed by atoms with Gasteiger partial charge in [0.25, 0.3) is 10.0 Å². The third kappa shape index (κ3) is 4.87. The number of hydrogen-bond acceptors (Lipinski definition) is 6. The van der Waals surface area contributed by atoms with Crippen LogP contribution in [0.2, 0.25) is 0 Å². The predicted molar refractivity (Wildman–Crippen MR) is 103 cm³/mol. The molecule has 0 aliphatic heterocycles. The van der Waals surface area contributed by atoms with Crippen LogP contribution in [0.1, 0.15) is 50.4 Å². The van der Waals surface area contributed by atoms with Gasteiger partial charge in [0.2, 0.25) is 15.4 Å². The lowest BCUT2D eigenvalue weighted by atomic mass is 9.96. The average Bonchev–Trinajstić information content (AvgIpc) is 2.98. The summed E-state index contributed by atoms with van der Waals surface area (Å²) in [6, 6.07) is 5.39. The minimum absolute atomic E-state index is 0.157. The number of carbonyl (C=O) groups excluding carboxylic acids is 1. The number of hydrogen-bond donors (Lipinski definition) is 2. The first-order valence-corrected chi connectivity index (χ1v) is 10.4. The largest absolute Gasteiger partial charge is 0.300 e. The van der Waals surface area contributed by atoms with E-state index in [0.29, 0.717) is 0 Å². The van der Waals surface area contributed by atoms with Crippen LogP contribution in [0.4, 0.5) is 5.13 Å². The second-order valence-corrected chi connectivity index (χ2v) is 10.1. The zero-order valence-corrected chi connectivity index (χ0v) is 17.4. The van der Waals surface area contributed by atoms with Gasteiger partial charge < -0.3 is 5.32 Å². The van der Waals surface area contributed by atoms with Crippen LogP contribution < -0.4 is 10.0 Å².